The van der Waals surface area contributed by atoms with Crippen LogP contribution in [0.3, 0.4) is 0 Å². The van der Waals surface area contributed by atoms with Gasteiger partial charge in [-0.25, -0.2) is 4.99 Å². The number of nitrogens with zero attached hydrogens (tertiary/aromatic N) is 2. The maximum atomic E-state index is 12.5. The number of halogens is 1. The molecule has 0 atom stereocenters. The lowest BCUT2D eigenvalue weighted by Gasteiger charge is -2.05. The van der Waals surface area contributed by atoms with Gasteiger partial charge in [-0.15, -0.1) is 0 Å². The van der Waals surface area contributed by atoms with Crippen LogP contribution in [0.25, 0.3) is 0 Å². The SMILES string of the molecule is NC(N)=NC(N)=Nc1ccccc1C(=O)c1ccc(Cl)cc1. The number of aliphatic imine (C=N–C) groups is 2. The number of guanidine groups is 2. The zero-order valence-electron chi connectivity index (χ0n) is 11.5. The molecule has 0 fully saturated rings. The van der Waals surface area contributed by atoms with Gasteiger partial charge in [0.2, 0.25) is 5.96 Å². The molecule has 2 aromatic carbocycles. The molecule has 0 aromatic heterocycles. The van der Waals surface area contributed by atoms with Crippen molar-refractivity contribution >= 4 is 35.0 Å². The molecular weight excluding hydrogens is 302 g/mol. The largest absolute Gasteiger partial charge is 0.370 e. The van der Waals surface area contributed by atoms with Gasteiger partial charge in [0.25, 0.3) is 0 Å². The number of ketones is 1. The fraction of sp³-hybridized carbons (Fsp3) is 0. The molecule has 0 radical (unpaired) electrons. The van der Waals surface area contributed by atoms with E-state index in [0.29, 0.717) is 21.8 Å². The molecule has 0 amide bonds. The Hall–Kier alpha value is -2.86. The number of hydrogen-bond donors (Lipinski definition) is 3. The molecule has 6 nitrogen and oxygen atoms in total. The number of para-hydroxylation sites is 1. The van der Waals surface area contributed by atoms with Crippen LogP contribution >= 0.6 is 11.6 Å². The van der Waals surface area contributed by atoms with Gasteiger partial charge in [-0.05, 0) is 36.4 Å². The van der Waals surface area contributed by atoms with Crippen molar-refractivity contribution in [3.8, 4) is 0 Å². The van der Waals surface area contributed by atoms with Crippen molar-refractivity contribution in [1.82, 2.24) is 0 Å². The van der Waals surface area contributed by atoms with Crippen LogP contribution in [0.5, 0.6) is 0 Å². The van der Waals surface area contributed by atoms with Gasteiger partial charge < -0.3 is 17.2 Å². The van der Waals surface area contributed by atoms with Crippen molar-refractivity contribution < 1.29 is 4.79 Å². The highest BCUT2D eigenvalue weighted by atomic mass is 35.5. The molecule has 0 bridgehead atoms. The summed E-state index contributed by atoms with van der Waals surface area (Å²) in [5, 5.41) is 0.555. The summed E-state index contributed by atoms with van der Waals surface area (Å²) in [6.07, 6.45) is 0. The molecule has 0 aliphatic heterocycles. The summed E-state index contributed by atoms with van der Waals surface area (Å²) < 4.78 is 0. The maximum absolute atomic E-state index is 12.5. The normalized spacial score (nSPS) is 11.0. The molecule has 0 heterocycles. The van der Waals surface area contributed by atoms with Crippen molar-refractivity contribution in [3.05, 3.63) is 64.7 Å². The fourth-order valence-electron chi connectivity index (χ4n) is 1.80. The Labute approximate surface area is 132 Å². The molecule has 6 N–H and O–H groups in total. The fourth-order valence-corrected chi connectivity index (χ4v) is 1.93. The van der Waals surface area contributed by atoms with E-state index < -0.39 is 0 Å². The number of nitrogens with two attached hydrogens (primary N) is 3. The van der Waals surface area contributed by atoms with Crippen LogP contribution in [0.15, 0.2) is 58.5 Å². The Bertz CT molecular complexity index is 749. The summed E-state index contributed by atoms with van der Waals surface area (Å²) in [5.41, 5.74) is 17.3. The minimum Gasteiger partial charge on any atom is -0.370 e. The number of hydrogen-bond acceptors (Lipinski definition) is 2. The molecule has 0 saturated heterocycles. The lowest BCUT2D eigenvalue weighted by atomic mass is 10.0. The summed E-state index contributed by atoms with van der Waals surface area (Å²) in [5.74, 6) is -0.535. The first kappa shape index (κ1) is 15.5. The van der Waals surface area contributed by atoms with Gasteiger partial charge in [-0.1, -0.05) is 23.7 Å². The summed E-state index contributed by atoms with van der Waals surface area (Å²) in [7, 11) is 0. The average molecular weight is 316 g/mol. The van der Waals surface area contributed by atoms with Gasteiger partial charge in [0.15, 0.2) is 11.7 Å². The van der Waals surface area contributed by atoms with Crippen molar-refractivity contribution in [2.75, 3.05) is 0 Å². The second kappa shape index (κ2) is 6.73. The van der Waals surface area contributed by atoms with Crippen molar-refractivity contribution in [3.63, 3.8) is 0 Å². The number of carbonyl (C=O) groups excluding carboxylic acids is 1. The van der Waals surface area contributed by atoms with Crippen LogP contribution in [-0.4, -0.2) is 17.7 Å². The molecule has 0 unspecified atom stereocenters. The van der Waals surface area contributed by atoms with Gasteiger partial charge in [0.05, 0.1) is 5.69 Å². The second-order valence-electron chi connectivity index (χ2n) is 4.36. The first-order chi connectivity index (χ1) is 10.5. The van der Waals surface area contributed by atoms with E-state index in [1.807, 2.05) is 0 Å². The van der Waals surface area contributed by atoms with Gasteiger partial charge in [0, 0.05) is 16.1 Å². The van der Waals surface area contributed by atoms with E-state index in [0.717, 1.165) is 0 Å². The highest BCUT2D eigenvalue weighted by Gasteiger charge is 2.13. The number of rotatable bonds is 3. The zero-order chi connectivity index (χ0) is 16.1. The minimum absolute atomic E-state index is 0.128. The third-order valence-electron chi connectivity index (χ3n) is 2.73. The van der Waals surface area contributed by atoms with Crippen LogP contribution in [0.2, 0.25) is 5.02 Å². The third kappa shape index (κ3) is 3.83. The zero-order valence-corrected chi connectivity index (χ0v) is 12.3. The monoisotopic (exact) mass is 315 g/mol. The van der Waals surface area contributed by atoms with E-state index in [1.165, 1.54) is 0 Å². The maximum Gasteiger partial charge on any atom is 0.223 e. The van der Waals surface area contributed by atoms with Gasteiger partial charge >= 0.3 is 0 Å². The molecule has 112 valence electrons. The van der Waals surface area contributed by atoms with Crippen LogP contribution in [-0.2, 0) is 0 Å². The Kier molecular flexibility index (Phi) is 4.75. The molecule has 0 aliphatic carbocycles. The molecule has 2 rings (SSSR count). The predicted octanol–water partition coefficient (Wildman–Crippen LogP) is 1.79. The average Bonchev–Trinajstić information content (AvgIpc) is 2.47. The molecule has 7 heteroatoms. The number of benzene rings is 2. The summed E-state index contributed by atoms with van der Waals surface area (Å²) in [4.78, 5) is 20.2. The molecule has 2 aromatic rings. The Morgan fingerprint density at radius 1 is 0.955 bits per heavy atom. The van der Waals surface area contributed by atoms with Crippen molar-refractivity contribution in [2.45, 2.75) is 0 Å². The summed E-state index contributed by atoms with van der Waals surface area (Å²) >= 11 is 5.82. The molecule has 0 aliphatic rings. The van der Waals surface area contributed by atoms with E-state index in [1.54, 1.807) is 48.5 Å². The first-order valence-electron chi connectivity index (χ1n) is 6.30. The Morgan fingerprint density at radius 2 is 1.59 bits per heavy atom. The molecular formula is C15H14ClN5O. The topological polar surface area (TPSA) is 120 Å². The third-order valence-corrected chi connectivity index (χ3v) is 2.99. The van der Waals surface area contributed by atoms with E-state index in [4.69, 9.17) is 28.8 Å². The quantitative estimate of drug-likeness (QED) is 0.454. The predicted molar refractivity (Wildman–Crippen MR) is 88.4 cm³/mol. The Morgan fingerprint density at radius 3 is 2.23 bits per heavy atom. The minimum atomic E-state index is -0.206. The van der Waals surface area contributed by atoms with Gasteiger partial charge in [0.1, 0.15) is 0 Å². The lowest BCUT2D eigenvalue weighted by molar-refractivity contribution is 0.103. The van der Waals surface area contributed by atoms with Crippen LogP contribution in [0, 0.1) is 0 Å². The lowest BCUT2D eigenvalue weighted by Crippen LogP contribution is -2.26. The highest BCUT2D eigenvalue weighted by molar-refractivity contribution is 6.30. The standard InChI is InChI=1S/C15H14ClN5O/c16-10-7-5-9(6-8-10)13(22)11-3-1-2-4-12(11)20-15(19)21-14(17)18/h1-8H,(H6,17,18,19,20,21). The summed E-state index contributed by atoms with van der Waals surface area (Å²) in [6.45, 7) is 0. The van der Waals surface area contributed by atoms with E-state index in [2.05, 4.69) is 9.98 Å². The van der Waals surface area contributed by atoms with Gasteiger partial charge in [-0.2, -0.15) is 4.99 Å². The van der Waals surface area contributed by atoms with Gasteiger partial charge in [-0.3, -0.25) is 4.79 Å². The molecule has 0 saturated carbocycles. The second-order valence-corrected chi connectivity index (χ2v) is 4.80. The highest BCUT2D eigenvalue weighted by Crippen LogP contribution is 2.23. The summed E-state index contributed by atoms with van der Waals surface area (Å²) in [6, 6.07) is 13.4. The van der Waals surface area contributed by atoms with E-state index in [-0.39, 0.29) is 17.7 Å². The first-order valence-corrected chi connectivity index (χ1v) is 6.68. The van der Waals surface area contributed by atoms with Crippen molar-refractivity contribution in [1.29, 1.82) is 0 Å². The van der Waals surface area contributed by atoms with E-state index >= 15 is 0 Å². The smallest absolute Gasteiger partial charge is 0.223 e. The molecule has 22 heavy (non-hydrogen) atoms. The van der Waals surface area contributed by atoms with Crippen LogP contribution in [0.4, 0.5) is 5.69 Å². The molecule has 0 spiro atoms. The van der Waals surface area contributed by atoms with E-state index in [9.17, 15) is 4.79 Å². The van der Waals surface area contributed by atoms with Crippen LogP contribution < -0.4 is 17.2 Å². The van der Waals surface area contributed by atoms with Crippen molar-refractivity contribution in [2.24, 2.45) is 27.2 Å². The van der Waals surface area contributed by atoms with Crippen LogP contribution in [0.1, 0.15) is 15.9 Å². The Balaban J connectivity index is 2.42. The number of carbonyl (C=O) groups is 1.